The Morgan fingerprint density at radius 3 is 3.11 bits per heavy atom. The van der Waals surface area contributed by atoms with E-state index in [2.05, 4.69) is 5.32 Å². The van der Waals surface area contributed by atoms with E-state index in [1.54, 1.807) is 19.1 Å². The fourth-order valence-corrected chi connectivity index (χ4v) is 2.05. The Kier molecular flexibility index (Phi) is 4.76. The Hall–Kier alpha value is -1.59. The normalized spacial score (nSPS) is 18.9. The molecule has 0 saturated carbocycles. The maximum Gasteiger partial charge on any atom is 0.229 e. The van der Waals surface area contributed by atoms with E-state index in [0.29, 0.717) is 13.0 Å². The summed E-state index contributed by atoms with van der Waals surface area (Å²) in [4.78, 5) is 13.8. The molecule has 0 aliphatic carbocycles. The van der Waals surface area contributed by atoms with Crippen molar-refractivity contribution in [3.63, 3.8) is 0 Å². The van der Waals surface area contributed by atoms with E-state index in [0.717, 1.165) is 24.5 Å². The average molecular weight is 264 g/mol. The van der Waals surface area contributed by atoms with Crippen molar-refractivity contribution < 1.29 is 14.3 Å². The van der Waals surface area contributed by atoms with Crippen LogP contribution in [0, 0.1) is 0 Å². The molecule has 0 aromatic heterocycles. The number of nitrogens with zero attached hydrogens (tertiary/aromatic N) is 1. The minimum Gasteiger partial charge on any atom is -0.497 e. The van der Waals surface area contributed by atoms with Crippen molar-refractivity contribution in [2.24, 2.45) is 0 Å². The van der Waals surface area contributed by atoms with E-state index < -0.39 is 0 Å². The van der Waals surface area contributed by atoms with Crippen molar-refractivity contribution >= 4 is 11.6 Å². The number of morpholine rings is 1. The molecule has 1 N–H and O–H groups in total. The van der Waals surface area contributed by atoms with Gasteiger partial charge in [0.1, 0.15) is 5.75 Å². The van der Waals surface area contributed by atoms with Crippen LogP contribution in [0.4, 0.5) is 5.69 Å². The molecule has 1 saturated heterocycles. The summed E-state index contributed by atoms with van der Waals surface area (Å²) in [6, 6.07) is 7.46. The Morgan fingerprint density at radius 1 is 1.58 bits per heavy atom. The number of amides is 1. The summed E-state index contributed by atoms with van der Waals surface area (Å²) in [5.74, 6) is 0.787. The second-order valence-corrected chi connectivity index (χ2v) is 4.56. The lowest BCUT2D eigenvalue weighted by atomic mass is 10.2. The third-order valence-electron chi connectivity index (χ3n) is 3.22. The fourth-order valence-electron chi connectivity index (χ4n) is 2.05. The number of nitrogens with one attached hydrogen (secondary N) is 1. The molecule has 0 radical (unpaired) electrons. The maximum atomic E-state index is 12.2. The monoisotopic (exact) mass is 264 g/mol. The standard InChI is InChI=1S/C14H20N2O3/c1-16(11-4-3-5-12(8-11)18-2)14(17)9-13-10-15-6-7-19-13/h3-5,8,13,15H,6-7,9-10H2,1-2H3. The van der Waals surface area contributed by atoms with Crippen LogP contribution in [0.15, 0.2) is 24.3 Å². The van der Waals surface area contributed by atoms with Gasteiger partial charge in [-0.3, -0.25) is 4.79 Å². The summed E-state index contributed by atoms with van der Waals surface area (Å²) < 4.78 is 10.7. The van der Waals surface area contributed by atoms with Gasteiger partial charge in [-0.2, -0.15) is 0 Å². The molecule has 1 aliphatic rings. The van der Waals surface area contributed by atoms with Gasteiger partial charge < -0.3 is 19.7 Å². The Bertz CT molecular complexity index is 430. The van der Waals surface area contributed by atoms with Gasteiger partial charge in [-0.15, -0.1) is 0 Å². The summed E-state index contributed by atoms with van der Waals surface area (Å²) in [7, 11) is 3.38. The minimum atomic E-state index is -0.0330. The third-order valence-corrected chi connectivity index (χ3v) is 3.22. The number of ether oxygens (including phenoxy) is 2. The highest BCUT2D eigenvalue weighted by molar-refractivity contribution is 5.93. The molecule has 1 aliphatic heterocycles. The van der Waals surface area contributed by atoms with Crippen molar-refractivity contribution in [3.05, 3.63) is 24.3 Å². The van der Waals surface area contributed by atoms with Crippen LogP contribution in [0.1, 0.15) is 6.42 Å². The van der Waals surface area contributed by atoms with E-state index in [1.807, 2.05) is 24.3 Å². The Labute approximate surface area is 113 Å². The molecular formula is C14H20N2O3. The molecule has 5 heteroatoms. The van der Waals surface area contributed by atoms with Crippen LogP contribution >= 0.6 is 0 Å². The average Bonchev–Trinajstić information content (AvgIpc) is 2.47. The molecule has 2 rings (SSSR count). The fraction of sp³-hybridized carbons (Fsp3) is 0.500. The number of hydrogen-bond acceptors (Lipinski definition) is 4. The molecule has 1 aromatic rings. The van der Waals surface area contributed by atoms with Crippen molar-refractivity contribution in [1.82, 2.24) is 5.32 Å². The van der Waals surface area contributed by atoms with E-state index in [-0.39, 0.29) is 12.0 Å². The third kappa shape index (κ3) is 3.68. The lowest BCUT2D eigenvalue weighted by molar-refractivity contribution is -0.121. The Morgan fingerprint density at radius 2 is 2.42 bits per heavy atom. The van der Waals surface area contributed by atoms with Gasteiger partial charge in [0, 0.05) is 31.9 Å². The largest absolute Gasteiger partial charge is 0.497 e. The van der Waals surface area contributed by atoms with Gasteiger partial charge in [-0.05, 0) is 12.1 Å². The molecule has 1 atom stereocenters. The number of benzene rings is 1. The van der Waals surface area contributed by atoms with Crippen LogP contribution in [0.5, 0.6) is 5.75 Å². The first kappa shape index (κ1) is 13.8. The van der Waals surface area contributed by atoms with Gasteiger partial charge in [0.2, 0.25) is 5.91 Å². The van der Waals surface area contributed by atoms with Gasteiger partial charge in [-0.1, -0.05) is 6.07 Å². The highest BCUT2D eigenvalue weighted by Crippen LogP contribution is 2.20. The van der Waals surface area contributed by atoms with Crippen LogP contribution in [-0.4, -0.2) is 45.9 Å². The number of methoxy groups -OCH3 is 1. The SMILES string of the molecule is COc1cccc(N(C)C(=O)CC2CNCCO2)c1. The second-order valence-electron chi connectivity index (χ2n) is 4.56. The number of carbonyl (C=O) groups is 1. The number of rotatable bonds is 4. The number of anilines is 1. The molecule has 1 amide bonds. The molecule has 19 heavy (non-hydrogen) atoms. The van der Waals surface area contributed by atoms with E-state index in [1.165, 1.54) is 0 Å². The zero-order valence-electron chi connectivity index (χ0n) is 11.4. The van der Waals surface area contributed by atoms with E-state index >= 15 is 0 Å². The van der Waals surface area contributed by atoms with Gasteiger partial charge in [0.25, 0.3) is 0 Å². The van der Waals surface area contributed by atoms with Crippen LogP contribution in [0.3, 0.4) is 0 Å². The summed E-state index contributed by atoms with van der Waals surface area (Å²) in [5.41, 5.74) is 0.827. The van der Waals surface area contributed by atoms with Crippen LogP contribution in [0.25, 0.3) is 0 Å². The molecule has 1 heterocycles. The van der Waals surface area contributed by atoms with Crippen LogP contribution in [-0.2, 0) is 9.53 Å². The molecule has 1 unspecified atom stereocenters. The lowest BCUT2D eigenvalue weighted by Crippen LogP contribution is -2.41. The van der Waals surface area contributed by atoms with Crippen LogP contribution in [0.2, 0.25) is 0 Å². The Balaban J connectivity index is 1.97. The highest BCUT2D eigenvalue weighted by atomic mass is 16.5. The zero-order valence-corrected chi connectivity index (χ0v) is 11.4. The minimum absolute atomic E-state index is 0.0330. The van der Waals surface area contributed by atoms with Crippen molar-refractivity contribution in [2.75, 3.05) is 38.8 Å². The zero-order chi connectivity index (χ0) is 13.7. The van der Waals surface area contributed by atoms with E-state index in [9.17, 15) is 4.79 Å². The highest BCUT2D eigenvalue weighted by Gasteiger charge is 2.20. The molecule has 5 nitrogen and oxygen atoms in total. The number of hydrogen-bond donors (Lipinski definition) is 1. The topological polar surface area (TPSA) is 50.8 Å². The maximum absolute atomic E-state index is 12.2. The quantitative estimate of drug-likeness (QED) is 0.882. The summed E-state index contributed by atoms with van der Waals surface area (Å²) in [5, 5.41) is 3.22. The predicted octanol–water partition coefficient (Wildman–Crippen LogP) is 1.04. The molecule has 0 bridgehead atoms. The van der Waals surface area contributed by atoms with Crippen molar-refractivity contribution in [2.45, 2.75) is 12.5 Å². The summed E-state index contributed by atoms with van der Waals surface area (Å²) in [6.07, 6.45) is 0.357. The van der Waals surface area contributed by atoms with Crippen LogP contribution < -0.4 is 15.0 Å². The lowest BCUT2D eigenvalue weighted by Gasteiger charge is -2.25. The summed E-state index contributed by atoms with van der Waals surface area (Å²) in [6.45, 7) is 2.26. The first-order valence-electron chi connectivity index (χ1n) is 6.43. The molecule has 1 fully saturated rings. The second kappa shape index (κ2) is 6.54. The summed E-state index contributed by atoms with van der Waals surface area (Å²) >= 11 is 0. The predicted molar refractivity (Wildman–Crippen MR) is 73.6 cm³/mol. The van der Waals surface area contributed by atoms with Gasteiger partial charge in [-0.25, -0.2) is 0 Å². The number of carbonyl (C=O) groups excluding carboxylic acids is 1. The van der Waals surface area contributed by atoms with Gasteiger partial charge >= 0.3 is 0 Å². The molecule has 0 spiro atoms. The first-order valence-corrected chi connectivity index (χ1v) is 6.43. The smallest absolute Gasteiger partial charge is 0.229 e. The van der Waals surface area contributed by atoms with Gasteiger partial charge in [0.15, 0.2) is 0 Å². The first-order chi connectivity index (χ1) is 9.20. The molecular weight excluding hydrogens is 244 g/mol. The van der Waals surface area contributed by atoms with Crippen molar-refractivity contribution in [3.8, 4) is 5.75 Å². The molecule has 1 aromatic carbocycles. The van der Waals surface area contributed by atoms with E-state index in [4.69, 9.17) is 9.47 Å². The van der Waals surface area contributed by atoms with Crippen molar-refractivity contribution in [1.29, 1.82) is 0 Å². The molecule has 104 valence electrons. The van der Waals surface area contributed by atoms with Gasteiger partial charge in [0.05, 0.1) is 26.2 Å².